The summed E-state index contributed by atoms with van der Waals surface area (Å²) in [5.74, 6) is 1.20. The molecule has 4 nitrogen and oxygen atoms in total. The highest BCUT2D eigenvalue weighted by atomic mass is 32.1. The van der Waals surface area contributed by atoms with Gasteiger partial charge in [-0.25, -0.2) is 4.98 Å². The molecule has 0 saturated heterocycles. The quantitative estimate of drug-likeness (QED) is 0.853. The van der Waals surface area contributed by atoms with Crippen LogP contribution in [0, 0.1) is 0 Å². The van der Waals surface area contributed by atoms with Crippen LogP contribution < -0.4 is 10.1 Å². The van der Waals surface area contributed by atoms with Gasteiger partial charge in [0.05, 0.1) is 24.2 Å². The zero-order valence-electron chi connectivity index (χ0n) is 13.3. The van der Waals surface area contributed by atoms with E-state index >= 15 is 0 Å². The number of benzene rings is 1. The maximum atomic E-state index is 12.0. The first-order chi connectivity index (χ1) is 10.6. The van der Waals surface area contributed by atoms with Gasteiger partial charge in [-0.3, -0.25) is 4.79 Å². The van der Waals surface area contributed by atoms with Crippen LogP contribution in [0.4, 0.5) is 0 Å². The average molecular weight is 318 g/mol. The third-order valence-corrected chi connectivity index (χ3v) is 4.29. The molecule has 0 radical (unpaired) electrons. The molecule has 1 aromatic heterocycles. The molecule has 0 aliphatic carbocycles. The van der Waals surface area contributed by atoms with Crippen molar-refractivity contribution in [2.24, 2.45) is 0 Å². The number of aromatic nitrogens is 1. The molecule has 0 fully saturated rings. The molecule has 0 atom stereocenters. The standard InChI is InChI=1S/C17H22N2O2S/c1-12(2)14-11-22-17(19-14)8-9-18-16(20)10-13-6-4-5-7-15(13)21-3/h4-7,11-12H,8-10H2,1-3H3,(H,18,20). The van der Waals surface area contributed by atoms with E-state index in [4.69, 9.17) is 4.74 Å². The van der Waals surface area contributed by atoms with Gasteiger partial charge in [0.25, 0.3) is 0 Å². The summed E-state index contributed by atoms with van der Waals surface area (Å²) in [6, 6.07) is 7.59. The number of methoxy groups -OCH3 is 1. The molecule has 2 aromatic rings. The van der Waals surface area contributed by atoms with E-state index in [1.54, 1.807) is 18.4 Å². The van der Waals surface area contributed by atoms with E-state index in [1.807, 2.05) is 24.3 Å². The number of hydrogen-bond acceptors (Lipinski definition) is 4. The van der Waals surface area contributed by atoms with E-state index in [1.165, 1.54) is 0 Å². The zero-order valence-corrected chi connectivity index (χ0v) is 14.1. The number of amides is 1. The molecule has 0 bridgehead atoms. The fourth-order valence-corrected chi connectivity index (χ4v) is 3.06. The minimum Gasteiger partial charge on any atom is -0.496 e. The van der Waals surface area contributed by atoms with Crippen molar-refractivity contribution in [1.29, 1.82) is 0 Å². The topological polar surface area (TPSA) is 51.2 Å². The van der Waals surface area contributed by atoms with Gasteiger partial charge in [-0.15, -0.1) is 11.3 Å². The molecule has 0 saturated carbocycles. The third-order valence-electron chi connectivity index (χ3n) is 3.37. The Bertz CT molecular complexity index is 623. The van der Waals surface area contributed by atoms with Crippen LogP contribution in [-0.4, -0.2) is 24.5 Å². The largest absolute Gasteiger partial charge is 0.496 e. The van der Waals surface area contributed by atoms with E-state index in [-0.39, 0.29) is 5.91 Å². The number of ether oxygens (including phenoxy) is 1. The monoisotopic (exact) mass is 318 g/mol. The van der Waals surface area contributed by atoms with Crippen LogP contribution in [0.3, 0.4) is 0 Å². The highest BCUT2D eigenvalue weighted by Gasteiger charge is 2.09. The van der Waals surface area contributed by atoms with Crippen molar-refractivity contribution in [2.75, 3.05) is 13.7 Å². The molecule has 2 rings (SSSR count). The number of rotatable bonds is 7. The van der Waals surface area contributed by atoms with Crippen LogP contribution in [0.15, 0.2) is 29.6 Å². The summed E-state index contributed by atoms with van der Waals surface area (Å²) >= 11 is 1.66. The van der Waals surface area contributed by atoms with Crippen molar-refractivity contribution in [1.82, 2.24) is 10.3 Å². The number of hydrogen-bond donors (Lipinski definition) is 1. The number of carbonyl (C=O) groups is 1. The highest BCUT2D eigenvalue weighted by Crippen LogP contribution is 2.18. The molecular formula is C17H22N2O2S. The predicted molar refractivity (Wildman–Crippen MR) is 89.6 cm³/mol. The lowest BCUT2D eigenvalue weighted by atomic mass is 10.1. The first-order valence-corrected chi connectivity index (χ1v) is 8.31. The Morgan fingerprint density at radius 1 is 1.36 bits per heavy atom. The molecule has 0 unspecified atom stereocenters. The molecular weight excluding hydrogens is 296 g/mol. The molecule has 1 aromatic carbocycles. The fourth-order valence-electron chi connectivity index (χ4n) is 2.10. The van der Waals surface area contributed by atoms with E-state index < -0.39 is 0 Å². The van der Waals surface area contributed by atoms with Gasteiger partial charge in [-0.1, -0.05) is 32.0 Å². The van der Waals surface area contributed by atoms with Crippen LogP contribution >= 0.6 is 11.3 Å². The first-order valence-electron chi connectivity index (χ1n) is 7.43. The first kappa shape index (κ1) is 16.5. The molecule has 1 heterocycles. The van der Waals surface area contributed by atoms with Crippen molar-refractivity contribution >= 4 is 17.2 Å². The van der Waals surface area contributed by atoms with E-state index in [0.717, 1.165) is 28.4 Å². The summed E-state index contributed by atoms with van der Waals surface area (Å²) < 4.78 is 5.26. The summed E-state index contributed by atoms with van der Waals surface area (Å²) in [5, 5.41) is 6.11. The maximum absolute atomic E-state index is 12.0. The van der Waals surface area contributed by atoms with E-state index in [9.17, 15) is 4.79 Å². The number of nitrogens with one attached hydrogen (secondary N) is 1. The number of carbonyl (C=O) groups excluding carboxylic acids is 1. The van der Waals surface area contributed by atoms with Gasteiger partial charge in [0, 0.05) is 23.9 Å². The van der Waals surface area contributed by atoms with Crippen LogP contribution in [-0.2, 0) is 17.6 Å². The van der Waals surface area contributed by atoms with Gasteiger partial charge in [-0.05, 0) is 12.0 Å². The number of nitrogens with zero attached hydrogens (tertiary/aromatic N) is 1. The normalized spacial score (nSPS) is 10.7. The van der Waals surface area contributed by atoms with Gasteiger partial charge < -0.3 is 10.1 Å². The molecule has 5 heteroatoms. The maximum Gasteiger partial charge on any atom is 0.224 e. The van der Waals surface area contributed by atoms with Crippen molar-refractivity contribution in [3.8, 4) is 5.75 Å². The van der Waals surface area contributed by atoms with Gasteiger partial charge in [0.2, 0.25) is 5.91 Å². The lowest BCUT2D eigenvalue weighted by molar-refractivity contribution is -0.120. The Morgan fingerprint density at radius 3 is 2.82 bits per heavy atom. The number of thiazole rings is 1. The Balaban J connectivity index is 1.80. The Kier molecular flexibility index (Phi) is 5.95. The SMILES string of the molecule is COc1ccccc1CC(=O)NCCc1nc(C(C)C)cs1. The summed E-state index contributed by atoms with van der Waals surface area (Å²) in [7, 11) is 1.62. The van der Waals surface area contributed by atoms with E-state index in [2.05, 4.69) is 29.5 Å². The fraction of sp³-hybridized carbons (Fsp3) is 0.412. The second-order valence-corrected chi connectivity index (χ2v) is 6.35. The predicted octanol–water partition coefficient (Wildman–Crippen LogP) is 3.18. The van der Waals surface area contributed by atoms with Crippen LogP contribution in [0.5, 0.6) is 5.75 Å². The minimum absolute atomic E-state index is 0.00476. The lowest BCUT2D eigenvalue weighted by Crippen LogP contribution is -2.27. The summed E-state index contributed by atoms with van der Waals surface area (Å²) in [6.07, 6.45) is 1.11. The lowest BCUT2D eigenvalue weighted by Gasteiger charge is -2.08. The third kappa shape index (κ3) is 4.56. The number of para-hydroxylation sites is 1. The average Bonchev–Trinajstić information content (AvgIpc) is 2.97. The minimum atomic E-state index is 0.00476. The van der Waals surface area contributed by atoms with Crippen LogP contribution in [0.1, 0.15) is 36.0 Å². The molecule has 1 N–H and O–H groups in total. The van der Waals surface area contributed by atoms with Crippen molar-refractivity contribution in [2.45, 2.75) is 32.6 Å². The second-order valence-electron chi connectivity index (χ2n) is 5.41. The van der Waals surface area contributed by atoms with Gasteiger partial charge in [0.1, 0.15) is 5.75 Å². The molecule has 0 spiro atoms. The van der Waals surface area contributed by atoms with Gasteiger partial charge >= 0.3 is 0 Å². The zero-order chi connectivity index (χ0) is 15.9. The highest BCUT2D eigenvalue weighted by molar-refractivity contribution is 7.09. The van der Waals surface area contributed by atoms with Gasteiger partial charge in [-0.2, -0.15) is 0 Å². The van der Waals surface area contributed by atoms with Crippen molar-refractivity contribution in [3.05, 3.63) is 45.9 Å². The second kappa shape index (κ2) is 7.94. The molecule has 1 amide bonds. The molecule has 0 aliphatic rings. The van der Waals surface area contributed by atoms with E-state index in [0.29, 0.717) is 18.9 Å². The van der Waals surface area contributed by atoms with Gasteiger partial charge in [0.15, 0.2) is 0 Å². The molecule has 0 aliphatic heterocycles. The Labute approximate surface area is 135 Å². The van der Waals surface area contributed by atoms with Crippen LogP contribution in [0.25, 0.3) is 0 Å². The summed E-state index contributed by atoms with van der Waals surface area (Å²) in [4.78, 5) is 16.6. The van der Waals surface area contributed by atoms with Crippen molar-refractivity contribution < 1.29 is 9.53 Å². The van der Waals surface area contributed by atoms with Crippen LogP contribution in [0.2, 0.25) is 0 Å². The summed E-state index contributed by atoms with van der Waals surface area (Å²) in [5.41, 5.74) is 2.03. The molecule has 118 valence electrons. The Hall–Kier alpha value is -1.88. The smallest absolute Gasteiger partial charge is 0.224 e. The van der Waals surface area contributed by atoms with Crippen molar-refractivity contribution in [3.63, 3.8) is 0 Å². The summed E-state index contributed by atoms with van der Waals surface area (Å²) in [6.45, 7) is 4.88. The molecule has 22 heavy (non-hydrogen) atoms. The Morgan fingerprint density at radius 2 is 2.14 bits per heavy atom.